The summed E-state index contributed by atoms with van der Waals surface area (Å²) < 4.78 is 2.07. The lowest BCUT2D eigenvalue weighted by atomic mass is 10.0. The van der Waals surface area contributed by atoms with Crippen molar-refractivity contribution in [2.24, 2.45) is 0 Å². The van der Waals surface area contributed by atoms with Crippen molar-refractivity contribution in [3.63, 3.8) is 0 Å². The van der Waals surface area contributed by atoms with E-state index in [2.05, 4.69) is 11.4 Å². The Balaban J connectivity index is 1.82. The predicted molar refractivity (Wildman–Crippen MR) is 164 cm³/mol. The molecule has 1 aromatic heterocycles. The number of nitrogens with one attached hydrogen (secondary N) is 1. The maximum Gasteiger partial charge on any atom is 0.270 e. The van der Waals surface area contributed by atoms with Gasteiger partial charge in [-0.2, -0.15) is 5.26 Å². The second-order valence-electron chi connectivity index (χ2n) is 9.27. The number of halogens is 1. The lowest BCUT2D eigenvalue weighted by Gasteiger charge is -2.23. The van der Waals surface area contributed by atoms with Crippen molar-refractivity contribution in [2.75, 3.05) is 5.32 Å². The van der Waals surface area contributed by atoms with Crippen molar-refractivity contribution in [1.29, 1.82) is 5.26 Å². The molecule has 200 valence electrons. The Hall–Kier alpha value is -3.38. The number of aromatic nitrogens is 1. The molecule has 4 rings (SSSR count). The molecule has 6 nitrogen and oxygen atoms in total. The van der Waals surface area contributed by atoms with Gasteiger partial charge in [0.15, 0.2) is 0 Å². The van der Waals surface area contributed by atoms with Gasteiger partial charge in [0.2, 0.25) is 0 Å². The van der Waals surface area contributed by atoms with Crippen LogP contribution < -0.4 is 10.9 Å². The number of carbonyl (C=O) groups is 1. The smallest absolute Gasteiger partial charge is 0.270 e. The fourth-order valence-electron chi connectivity index (χ4n) is 4.53. The van der Waals surface area contributed by atoms with Crippen molar-refractivity contribution >= 4 is 57.7 Å². The lowest BCUT2D eigenvalue weighted by molar-refractivity contribution is -0.123. The number of amides is 1. The molecule has 1 fully saturated rings. The van der Waals surface area contributed by atoms with E-state index >= 15 is 0 Å². The number of hydrogen-bond donors (Lipinski definition) is 1. The second-order valence-corrected chi connectivity index (χ2v) is 11.4. The van der Waals surface area contributed by atoms with Crippen molar-refractivity contribution in [1.82, 2.24) is 9.47 Å². The summed E-state index contributed by atoms with van der Waals surface area (Å²) in [7, 11) is 0. The predicted octanol–water partition coefficient (Wildman–Crippen LogP) is 7.06. The van der Waals surface area contributed by atoms with Gasteiger partial charge in [-0.1, -0.05) is 97.5 Å². The van der Waals surface area contributed by atoms with Crippen molar-refractivity contribution in [2.45, 2.75) is 52.7 Å². The quantitative estimate of drug-likeness (QED) is 0.217. The number of unbranched alkanes of at least 4 members (excludes halogenated alkanes) is 1. The minimum Gasteiger partial charge on any atom is -0.367 e. The molecular formula is C30H29ClN4O2S2. The van der Waals surface area contributed by atoms with Crippen molar-refractivity contribution < 1.29 is 4.79 Å². The zero-order chi connectivity index (χ0) is 28.1. The summed E-state index contributed by atoms with van der Waals surface area (Å²) in [5, 5.41) is 13.9. The first-order valence-corrected chi connectivity index (χ1v) is 14.4. The summed E-state index contributed by atoms with van der Waals surface area (Å²) in [5.41, 5.74) is 2.68. The highest BCUT2D eigenvalue weighted by Crippen LogP contribution is 2.39. The SMILES string of the molecule is CCCCn1c(NCc2ccccc2Cl)c(/C=C2/SC(=S)N(C(C)c3ccccc3)C2=O)c(C)c(C#N)c1=O. The first-order chi connectivity index (χ1) is 18.8. The van der Waals surface area contributed by atoms with Gasteiger partial charge in [0.25, 0.3) is 11.5 Å². The molecular weight excluding hydrogens is 548 g/mol. The highest BCUT2D eigenvalue weighted by atomic mass is 35.5. The largest absolute Gasteiger partial charge is 0.367 e. The van der Waals surface area contributed by atoms with E-state index in [1.165, 1.54) is 11.8 Å². The Bertz CT molecular complexity index is 1540. The standard InChI is InChI=1S/C30H29ClN4O2S2/c1-4-5-15-34-27(33-18-22-13-9-10-14-25(22)31)23(19(2)24(17-32)28(34)36)16-26-29(37)35(30(38)39-26)20(3)21-11-7-6-8-12-21/h6-14,16,20,33H,4-5,15,18H2,1-3H3/b26-16+. The summed E-state index contributed by atoms with van der Waals surface area (Å²) in [4.78, 5) is 29.1. The third-order valence-electron chi connectivity index (χ3n) is 6.78. The van der Waals surface area contributed by atoms with Crippen LogP contribution in [0.3, 0.4) is 0 Å². The third-order valence-corrected chi connectivity index (χ3v) is 8.48. The number of anilines is 1. The second kappa shape index (κ2) is 12.6. The highest BCUT2D eigenvalue weighted by Gasteiger charge is 2.36. The van der Waals surface area contributed by atoms with Gasteiger partial charge in [-0.25, -0.2) is 0 Å². The number of pyridine rings is 1. The average Bonchev–Trinajstić information content (AvgIpc) is 3.22. The number of carbonyl (C=O) groups excluding carboxylic acids is 1. The summed E-state index contributed by atoms with van der Waals surface area (Å²) in [5.74, 6) is 0.342. The molecule has 0 bridgehead atoms. The van der Waals surface area contributed by atoms with Gasteiger partial charge in [-0.15, -0.1) is 0 Å². The number of nitrogens with zero attached hydrogens (tertiary/aromatic N) is 3. The first kappa shape index (κ1) is 28.6. The maximum absolute atomic E-state index is 13.6. The fraction of sp³-hybridized carbons (Fsp3) is 0.267. The summed E-state index contributed by atoms with van der Waals surface area (Å²) >= 11 is 13.3. The van der Waals surface area contributed by atoms with E-state index in [0.29, 0.717) is 44.3 Å². The van der Waals surface area contributed by atoms with E-state index in [0.717, 1.165) is 24.0 Å². The van der Waals surface area contributed by atoms with Gasteiger partial charge >= 0.3 is 0 Å². The van der Waals surface area contributed by atoms with E-state index in [4.69, 9.17) is 23.8 Å². The van der Waals surface area contributed by atoms with E-state index in [-0.39, 0.29) is 23.1 Å². The summed E-state index contributed by atoms with van der Waals surface area (Å²) in [6.45, 7) is 6.53. The van der Waals surface area contributed by atoms with Gasteiger partial charge in [-0.05, 0) is 49.1 Å². The molecule has 1 atom stereocenters. The van der Waals surface area contributed by atoms with Gasteiger partial charge in [-0.3, -0.25) is 19.1 Å². The number of thiocarbonyl (C=S) groups is 1. The van der Waals surface area contributed by atoms with Crippen LogP contribution >= 0.6 is 35.6 Å². The monoisotopic (exact) mass is 576 g/mol. The molecule has 0 spiro atoms. The first-order valence-electron chi connectivity index (χ1n) is 12.7. The normalized spacial score (nSPS) is 15.1. The van der Waals surface area contributed by atoms with E-state index in [1.807, 2.05) is 68.4 Å². The number of hydrogen-bond acceptors (Lipinski definition) is 6. The Kier molecular flexibility index (Phi) is 9.28. The van der Waals surface area contributed by atoms with E-state index < -0.39 is 0 Å². The molecule has 9 heteroatoms. The van der Waals surface area contributed by atoms with Crippen LogP contribution in [0.2, 0.25) is 5.02 Å². The molecule has 1 aliphatic heterocycles. The Morgan fingerprint density at radius 3 is 2.51 bits per heavy atom. The molecule has 1 saturated heterocycles. The number of benzene rings is 2. The van der Waals surface area contributed by atoms with E-state index in [1.54, 1.807) is 22.5 Å². The molecule has 2 aromatic carbocycles. The Morgan fingerprint density at radius 1 is 1.15 bits per heavy atom. The van der Waals surface area contributed by atoms with Crippen LogP contribution in [-0.2, 0) is 17.9 Å². The lowest BCUT2D eigenvalue weighted by Crippen LogP contribution is -2.31. The maximum atomic E-state index is 13.6. The third kappa shape index (κ3) is 5.96. The topological polar surface area (TPSA) is 78.1 Å². The van der Waals surface area contributed by atoms with Crippen LogP contribution in [-0.4, -0.2) is 19.7 Å². The Labute approximate surface area is 243 Å². The van der Waals surface area contributed by atoms with Gasteiger partial charge in [0, 0.05) is 23.7 Å². The highest BCUT2D eigenvalue weighted by molar-refractivity contribution is 8.26. The zero-order valence-corrected chi connectivity index (χ0v) is 24.4. The fourth-order valence-corrected chi connectivity index (χ4v) is 6.13. The Morgan fingerprint density at radius 2 is 1.85 bits per heavy atom. The number of thioether (sulfide) groups is 1. The molecule has 1 N–H and O–H groups in total. The number of nitriles is 1. The summed E-state index contributed by atoms with van der Waals surface area (Å²) in [6, 6.07) is 19.1. The van der Waals surface area contributed by atoms with Crippen LogP contribution in [0.15, 0.2) is 64.3 Å². The molecule has 0 radical (unpaired) electrons. The van der Waals surface area contributed by atoms with Crippen LogP contribution in [0.1, 0.15) is 60.5 Å². The molecule has 39 heavy (non-hydrogen) atoms. The minimum atomic E-state index is -0.354. The molecule has 1 aliphatic rings. The van der Waals surface area contributed by atoms with Gasteiger partial charge in [0.05, 0.1) is 10.9 Å². The van der Waals surface area contributed by atoms with Gasteiger partial charge < -0.3 is 5.32 Å². The molecule has 0 aliphatic carbocycles. The van der Waals surface area contributed by atoms with Crippen LogP contribution in [0.4, 0.5) is 5.82 Å². The van der Waals surface area contributed by atoms with Crippen molar-refractivity contribution in [3.8, 4) is 6.07 Å². The van der Waals surface area contributed by atoms with Gasteiger partial charge in [0.1, 0.15) is 21.8 Å². The number of rotatable bonds is 9. The molecule has 2 heterocycles. The summed E-state index contributed by atoms with van der Waals surface area (Å²) in [6.07, 6.45) is 3.38. The van der Waals surface area contributed by atoms with Crippen LogP contribution in [0.25, 0.3) is 6.08 Å². The molecule has 3 aromatic rings. The van der Waals surface area contributed by atoms with E-state index in [9.17, 15) is 14.9 Å². The molecule has 1 amide bonds. The van der Waals surface area contributed by atoms with Crippen LogP contribution in [0, 0.1) is 18.3 Å². The molecule has 0 saturated carbocycles. The molecule has 1 unspecified atom stereocenters. The minimum absolute atomic E-state index is 0.0637. The van der Waals surface area contributed by atoms with Crippen LogP contribution in [0.5, 0.6) is 0 Å². The zero-order valence-electron chi connectivity index (χ0n) is 22.0. The van der Waals surface area contributed by atoms with Crippen molar-refractivity contribution in [3.05, 3.63) is 103 Å². The average molecular weight is 577 g/mol.